The molecule has 0 saturated heterocycles. The van der Waals surface area contributed by atoms with Crippen molar-refractivity contribution in [3.63, 3.8) is 0 Å². The summed E-state index contributed by atoms with van der Waals surface area (Å²) >= 11 is 0. The Bertz CT molecular complexity index is 1120. The third-order valence-corrected chi connectivity index (χ3v) is 6.99. The Kier molecular flexibility index (Phi) is 6.86. The van der Waals surface area contributed by atoms with Gasteiger partial charge in [0.2, 0.25) is 0 Å². The zero-order valence-corrected chi connectivity index (χ0v) is 21.6. The Morgan fingerprint density at radius 2 is 1.42 bits per heavy atom. The second kappa shape index (κ2) is 8.89. The molecule has 0 fully saturated rings. The van der Waals surface area contributed by atoms with Crippen LogP contribution >= 0.6 is 0 Å². The number of rotatable bonds is 4. The maximum atomic E-state index is 9.77. The molecule has 5 nitrogen and oxygen atoms in total. The predicted molar refractivity (Wildman–Crippen MR) is 136 cm³/mol. The molecule has 4 aliphatic rings. The van der Waals surface area contributed by atoms with Gasteiger partial charge in [0.05, 0.1) is 5.71 Å². The van der Waals surface area contributed by atoms with Gasteiger partial charge < -0.3 is 5.41 Å². The molecular weight excluding hydrogens is 453 g/mol. The van der Waals surface area contributed by atoms with Crippen LogP contribution in [0.4, 0.5) is 0 Å². The number of allylic oxidation sites excluding steroid dienone is 6. The largest absolute Gasteiger partial charge is 2.00 e. The first-order valence-corrected chi connectivity index (χ1v) is 11.6. The van der Waals surface area contributed by atoms with Crippen LogP contribution in [0.1, 0.15) is 73.6 Å². The van der Waals surface area contributed by atoms with Gasteiger partial charge in [-0.2, -0.15) is 0 Å². The summed E-state index contributed by atoms with van der Waals surface area (Å²) in [6, 6.07) is 0. The summed E-state index contributed by atoms with van der Waals surface area (Å²) < 4.78 is 0. The summed E-state index contributed by atoms with van der Waals surface area (Å²) in [7, 11) is 0. The monoisotopic (exact) mass is 486 g/mol. The van der Waals surface area contributed by atoms with Crippen molar-refractivity contribution in [3.8, 4) is 0 Å². The standard InChI is InChI=1S/C27H34N5.Ni/c1-17-25(2,3)13-18(30-17)11-23-26(4,5)14-19(31-23)12-24-27(6,7)15-22(32-24)20(16-28)21-9-8-10-29-21;/h11-12H,1,8-10,13-15H2,2-7H3;/q-1;+2. The molecule has 0 aromatic carbocycles. The van der Waals surface area contributed by atoms with Gasteiger partial charge in [0.15, 0.2) is 0 Å². The molecule has 0 bridgehead atoms. The first kappa shape index (κ1) is 25.5. The molecule has 0 saturated carbocycles. The minimum atomic E-state index is -0.132. The van der Waals surface area contributed by atoms with Gasteiger partial charge in [0.1, 0.15) is 0 Å². The van der Waals surface area contributed by atoms with Crippen LogP contribution in [0.15, 0.2) is 61.4 Å². The van der Waals surface area contributed by atoms with Gasteiger partial charge in [-0.25, -0.2) is 0 Å². The smallest absolute Gasteiger partial charge is 0.763 e. The van der Waals surface area contributed by atoms with Gasteiger partial charge in [0, 0.05) is 81.9 Å². The van der Waals surface area contributed by atoms with Gasteiger partial charge in [-0.1, -0.05) is 48.1 Å². The van der Waals surface area contributed by atoms with E-state index < -0.39 is 0 Å². The van der Waals surface area contributed by atoms with Crippen molar-refractivity contribution in [2.75, 3.05) is 6.54 Å². The average Bonchev–Trinajstić information content (AvgIpc) is 3.40. The van der Waals surface area contributed by atoms with Crippen LogP contribution in [0.25, 0.3) is 5.41 Å². The van der Waals surface area contributed by atoms with Crippen molar-refractivity contribution < 1.29 is 16.5 Å². The van der Waals surface area contributed by atoms with Crippen molar-refractivity contribution >= 4 is 28.7 Å². The van der Waals surface area contributed by atoms with Crippen LogP contribution in [-0.2, 0) is 16.5 Å². The zero-order chi connectivity index (χ0) is 23.3. The molecule has 0 unspecified atom stereocenters. The Morgan fingerprint density at radius 3 is 1.97 bits per heavy atom. The molecule has 4 rings (SSSR count). The fraction of sp³-hybridized carbons (Fsp3) is 0.556. The predicted octanol–water partition coefficient (Wildman–Crippen LogP) is 6.28. The van der Waals surface area contributed by atoms with E-state index in [2.05, 4.69) is 71.1 Å². The quantitative estimate of drug-likeness (QED) is 0.331. The van der Waals surface area contributed by atoms with Gasteiger partial charge in [-0.15, -0.1) is 0 Å². The van der Waals surface area contributed by atoms with Gasteiger partial charge in [0.25, 0.3) is 0 Å². The number of hydrogen-bond donors (Lipinski definition) is 0. The topological polar surface area (TPSA) is 71.7 Å². The van der Waals surface area contributed by atoms with Crippen LogP contribution in [0.2, 0.25) is 0 Å². The first-order valence-electron chi connectivity index (χ1n) is 11.6. The van der Waals surface area contributed by atoms with E-state index in [0.717, 1.165) is 78.6 Å². The van der Waals surface area contributed by atoms with E-state index in [9.17, 15) is 5.41 Å². The van der Waals surface area contributed by atoms with Crippen molar-refractivity contribution in [1.82, 2.24) is 0 Å². The molecule has 4 aliphatic heterocycles. The van der Waals surface area contributed by atoms with E-state index in [1.54, 1.807) is 0 Å². The Hall–Kier alpha value is -2.16. The molecule has 0 aromatic heterocycles. The maximum Gasteiger partial charge on any atom is 2.00 e. The Labute approximate surface area is 208 Å². The van der Waals surface area contributed by atoms with Crippen molar-refractivity contribution in [2.45, 2.75) is 73.6 Å². The summed E-state index contributed by atoms with van der Waals surface area (Å²) in [5, 5.41) is 9.77. The minimum absolute atomic E-state index is 0. The minimum Gasteiger partial charge on any atom is -0.763 e. The van der Waals surface area contributed by atoms with Crippen molar-refractivity contribution in [3.05, 3.63) is 46.8 Å². The van der Waals surface area contributed by atoms with Gasteiger partial charge in [-0.3, -0.25) is 25.8 Å². The summed E-state index contributed by atoms with van der Waals surface area (Å²) in [5.41, 5.74) is 7.42. The van der Waals surface area contributed by atoms with Gasteiger partial charge >= 0.3 is 16.5 Å². The molecule has 0 N–H and O–H groups in total. The van der Waals surface area contributed by atoms with Crippen LogP contribution in [0, 0.1) is 16.2 Å². The molecule has 4 heterocycles. The van der Waals surface area contributed by atoms with E-state index in [0.29, 0.717) is 5.57 Å². The van der Waals surface area contributed by atoms with Gasteiger partial charge in [-0.05, 0) is 25.0 Å². The van der Waals surface area contributed by atoms with E-state index >= 15 is 0 Å². The number of aliphatic imine (C=N–C) groups is 4. The van der Waals surface area contributed by atoms with Crippen LogP contribution in [0.5, 0.6) is 0 Å². The van der Waals surface area contributed by atoms with E-state index in [1.807, 2.05) is 0 Å². The molecule has 0 aromatic rings. The summed E-state index contributed by atoms with van der Waals surface area (Å²) in [6.07, 6.45) is 8.71. The molecule has 0 spiro atoms. The second-order valence-electron chi connectivity index (χ2n) is 11.4. The maximum absolute atomic E-state index is 9.77. The molecule has 6 heteroatoms. The molecule has 0 atom stereocenters. The summed E-state index contributed by atoms with van der Waals surface area (Å²) in [5.74, 6) is 2.38. The molecule has 0 aliphatic carbocycles. The Balaban J connectivity index is 0.00000306. The fourth-order valence-electron chi connectivity index (χ4n) is 4.77. The van der Waals surface area contributed by atoms with Crippen LogP contribution in [-0.4, -0.2) is 35.3 Å². The van der Waals surface area contributed by atoms with Crippen molar-refractivity contribution in [2.24, 2.45) is 36.2 Å². The molecule has 0 radical (unpaired) electrons. The number of hydrogen-bond acceptors (Lipinski definition) is 4. The average molecular weight is 487 g/mol. The normalized spacial score (nSPS) is 27.2. The van der Waals surface area contributed by atoms with Crippen LogP contribution in [0.3, 0.4) is 0 Å². The molecule has 0 amide bonds. The SMILES string of the molecule is C=C1N=C(C=C2N=C(C=C3N=C(C(=C=[N-])C4=NCCC4)CC3(C)C)CC2(C)C)CC1(C)C.[Ni+2]. The third-order valence-electron chi connectivity index (χ3n) is 6.99. The third kappa shape index (κ3) is 5.03. The fourth-order valence-corrected chi connectivity index (χ4v) is 4.77. The van der Waals surface area contributed by atoms with E-state index in [4.69, 9.17) is 15.0 Å². The molecule has 176 valence electrons. The molecular formula is C27H34N5Ni+. The number of nitrogens with zero attached hydrogens (tertiary/aromatic N) is 5. The first-order chi connectivity index (χ1) is 14.9. The second-order valence-corrected chi connectivity index (χ2v) is 11.4. The van der Waals surface area contributed by atoms with E-state index in [-0.39, 0.29) is 32.7 Å². The van der Waals surface area contributed by atoms with Crippen LogP contribution < -0.4 is 0 Å². The molecule has 33 heavy (non-hydrogen) atoms. The summed E-state index contributed by atoms with van der Waals surface area (Å²) in [4.78, 5) is 19.1. The Morgan fingerprint density at radius 1 is 0.848 bits per heavy atom. The van der Waals surface area contributed by atoms with E-state index in [1.165, 1.54) is 0 Å². The van der Waals surface area contributed by atoms with Crippen molar-refractivity contribution in [1.29, 1.82) is 0 Å². The zero-order valence-electron chi connectivity index (χ0n) is 20.7. The summed E-state index contributed by atoms with van der Waals surface area (Å²) in [6.45, 7) is 18.2.